The molecule has 0 aliphatic rings. The molecule has 0 spiro atoms. The maximum Gasteiger partial charge on any atom is 0.122 e. The van der Waals surface area contributed by atoms with Crippen molar-refractivity contribution in [1.29, 1.82) is 0 Å². The van der Waals surface area contributed by atoms with Crippen LogP contribution in [-0.2, 0) is 12.8 Å². The van der Waals surface area contributed by atoms with Crippen molar-refractivity contribution < 1.29 is 4.74 Å². The predicted octanol–water partition coefficient (Wildman–Crippen LogP) is 4.87. The van der Waals surface area contributed by atoms with E-state index in [1.807, 2.05) is 0 Å². The lowest BCUT2D eigenvalue weighted by molar-refractivity contribution is 0.239. The fourth-order valence-corrected chi connectivity index (χ4v) is 2.20. The first-order chi connectivity index (χ1) is 8.38. The van der Waals surface area contributed by atoms with Gasteiger partial charge in [-0.1, -0.05) is 39.8 Å². The van der Waals surface area contributed by atoms with Gasteiger partial charge in [-0.25, -0.2) is 0 Å². The van der Waals surface area contributed by atoms with Gasteiger partial charge in [0, 0.05) is 0 Å². The molecular formula is C17H28O. The van der Waals surface area contributed by atoms with Crippen molar-refractivity contribution >= 4 is 0 Å². The number of ether oxygens (including phenoxy) is 1. The predicted molar refractivity (Wildman–Crippen MR) is 79.3 cm³/mol. The quantitative estimate of drug-likeness (QED) is 0.698. The largest absolute Gasteiger partial charge is 0.491 e. The van der Waals surface area contributed by atoms with Gasteiger partial charge in [0.1, 0.15) is 5.75 Å². The molecule has 0 heterocycles. The van der Waals surface area contributed by atoms with Gasteiger partial charge in [-0.05, 0) is 55.7 Å². The van der Waals surface area contributed by atoms with Gasteiger partial charge < -0.3 is 4.74 Å². The zero-order valence-electron chi connectivity index (χ0n) is 12.8. The van der Waals surface area contributed by atoms with Crippen molar-refractivity contribution in [3.05, 3.63) is 29.3 Å². The zero-order valence-corrected chi connectivity index (χ0v) is 12.8. The van der Waals surface area contributed by atoms with Crippen LogP contribution in [0.4, 0.5) is 0 Å². The second kappa shape index (κ2) is 6.82. The molecule has 1 nitrogen and oxygen atoms in total. The van der Waals surface area contributed by atoms with Gasteiger partial charge in [-0.3, -0.25) is 0 Å². The maximum absolute atomic E-state index is 5.91. The topological polar surface area (TPSA) is 9.23 Å². The van der Waals surface area contributed by atoms with Gasteiger partial charge in [0.15, 0.2) is 0 Å². The summed E-state index contributed by atoms with van der Waals surface area (Å²) in [7, 11) is 0. The van der Waals surface area contributed by atoms with Crippen molar-refractivity contribution in [1.82, 2.24) is 0 Å². The van der Waals surface area contributed by atoms with Crippen LogP contribution in [0, 0.1) is 11.8 Å². The summed E-state index contributed by atoms with van der Waals surface area (Å²) in [6, 6.07) is 6.69. The molecule has 1 heteroatoms. The molecule has 0 saturated carbocycles. The molecule has 0 bridgehead atoms. The van der Waals surface area contributed by atoms with Gasteiger partial charge in [0.2, 0.25) is 0 Å². The van der Waals surface area contributed by atoms with E-state index in [4.69, 9.17) is 4.74 Å². The third-order valence-electron chi connectivity index (χ3n) is 2.76. The van der Waals surface area contributed by atoms with E-state index in [-0.39, 0.29) is 6.10 Å². The Bertz CT molecular complexity index is 364. The fourth-order valence-electron chi connectivity index (χ4n) is 2.20. The molecule has 1 rings (SSSR count). The van der Waals surface area contributed by atoms with Crippen molar-refractivity contribution in [3.8, 4) is 5.75 Å². The molecule has 0 saturated heterocycles. The van der Waals surface area contributed by atoms with E-state index in [0.29, 0.717) is 11.8 Å². The van der Waals surface area contributed by atoms with Crippen molar-refractivity contribution in [2.24, 2.45) is 11.8 Å². The van der Waals surface area contributed by atoms with Crippen LogP contribution in [0.5, 0.6) is 5.75 Å². The average Bonchev–Trinajstić information content (AvgIpc) is 2.19. The van der Waals surface area contributed by atoms with E-state index in [9.17, 15) is 0 Å². The molecule has 0 N–H and O–H groups in total. The van der Waals surface area contributed by atoms with Crippen LogP contribution in [0.15, 0.2) is 18.2 Å². The number of hydrogen-bond acceptors (Lipinski definition) is 1. The Hall–Kier alpha value is -0.980. The molecule has 1 aromatic rings. The van der Waals surface area contributed by atoms with Crippen LogP contribution >= 0.6 is 0 Å². The highest BCUT2D eigenvalue weighted by molar-refractivity contribution is 5.38. The molecule has 0 amide bonds. The van der Waals surface area contributed by atoms with Gasteiger partial charge in [0.05, 0.1) is 6.10 Å². The highest BCUT2D eigenvalue weighted by Crippen LogP contribution is 2.25. The van der Waals surface area contributed by atoms with Crippen molar-refractivity contribution in [2.45, 2.75) is 60.5 Å². The molecule has 102 valence electrons. The van der Waals surface area contributed by atoms with Crippen LogP contribution < -0.4 is 4.74 Å². The SMILES string of the molecule is CC(C)Cc1ccc(OC(C)C)c(CC(C)C)c1. The molecule has 0 atom stereocenters. The first kappa shape index (κ1) is 15.1. The minimum atomic E-state index is 0.242. The smallest absolute Gasteiger partial charge is 0.122 e. The number of rotatable bonds is 6. The third kappa shape index (κ3) is 5.12. The lowest BCUT2D eigenvalue weighted by Crippen LogP contribution is -2.09. The standard InChI is InChI=1S/C17H28O/c1-12(2)9-15-7-8-17(18-14(5)6)16(11-15)10-13(3)4/h7-8,11-14H,9-10H2,1-6H3. The van der Waals surface area contributed by atoms with E-state index in [0.717, 1.165) is 18.6 Å². The van der Waals surface area contributed by atoms with Crippen LogP contribution in [0.3, 0.4) is 0 Å². The van der Waals surface area contributed by atoms with Crippen LogP contribution in [0.2, 0.25) is 0 Å². The Kier molecular flexibility index (Phi) is 5.71. The van der Waals surface area contributed by atoms with E-state index in [1.54, 1.807) is 0 Å². The molecule has 1 aromatic carbocycles. The molecule has 0 radical (unpaired) electrons. The highest BCUT2D eigenvalue weighted by Gasteiger charge is 2.09. The molecular weight excluding hydrogens is 220 g/mol. The second-order valence-electron chi connectivity index (χ2n) is 6.30. The molecule has 0 unspecified atom stereocenters. The average molecular weight is 248 g/mol. The van der Waals surface area contributed by atoms with E-state index < -0.39 is 0 Å². The van der Waals surface area contributed by atoms with Crippen molar-refractivity contribution in [3.63, 3.8) is 0 Å². The summed E-state index contributed by atoms with van der Waals surface area (Å²) in [5.41, 5.74) is 2.79. The summed E-state index contributed by atoms with van der Waals surface area (Å²) in [5, 5.41) is 0. The Labute approximate surface area is 113 Å². The molecule has 0 aromatic heterocycles. The van der Waals surface area contributed by atoms with Crippen LogP contribution in [-0.4, -0.2) is 6.10 Å². The molecule has 0 aliphatic carbocycles. The number of hydrogen-bond donors (Lipinski definition) is 0. The summed E-state index contributed by atoms with van der Waals surface area (Å²) in [6.07, 6.45) is 2.48. The molecule has 18 heavy (non-hydrogen) atoms. The zero-order chi connectivity index (χ0) is 13.7. The normalized spacial score (nSPS) is 11.6. The number of benzene rings is 1. The van der Waals surface area contributed by atoms with E-state index in [1.165, 1.54) is 11.1 Å². The van der Waals surface area contributed by atoms with Crippen molar-refractivity contribution in [2.75, 3.05) is 0 Å². The Morgan fingerprint density at radius 3 is 2.00 bits per heavy atom. The van der Waals surface area contributed by atoms with Gasteiger partial charge in [-0.2, -0.15) is 0 Å². The molecule has 0 fully saturated rings. The summed E-state index contributed by atoms with van der Waals surface area (Å²) < 4.78 is 5.91. The second-order valence-corrected chi connectivity index (χ2v) is 6.30. The lowest BCUT2D eigenvalue weighted by atomic mass is 9.96. The Balaban J connectivity index is 2.96. The van der Waals surface area contributed by atoms with Crippen LogP contribution in [0.1, 0.15) is 52.7 Å². The summed E-state index contributed by atoms with van der Waals surface area (Å²) in [6.45, 7) is 13.2. The Morgan fingerprint density at radius 1 is 0.889 bits per heavy atom. The fraction of sp³-hybridized carbons (Fsp3) is 0.647. The molecule has 0 aliphatic heterocycles. The maximum atomic E-state index is 5.91. The lowest BCUT2D eigenvalue weighted by Gasteiger charge is -2.17. The van der Waals surface area contributed by atoms with Gasteiger partial charge >= 0.3 is 0 Å². The third-order valence-corrected chi connectivity index (χ3v) is 2.76. The van der Waals surface area contributed by atoms with Crippen LogP contribution in [0.25, 0.3) is 0 Å². The summed E-state index contributed by atoms with van der Waals surface area (Å²) >= 11 is 0. The van der Waals surface area contributed by atoms with E-state index in [2.05, 4.69) is 59.7 Å². The monoisotopic (exact) mass is 248 g/mol. The first-order valence-corrected chi connectivity index (χ1v) is 7.17. The van der Waals surface area contributed by atoms with E-state index >= 15 is 0 Å². The van der Waals surface area contributed by atoms with Gasteiger partial charge in [0.25, 0.3) is 0 Å². The highest BCUT2D eigenvalue weighted by atomic mass is 16.5. The Morgan fingerprint density at radius 2 is 1.50 bits per heavy atom. The van der Waals surface area contributed by atoms with Gasteiger partial charge in [-0.15, -0.1) is 0 Å². The summed E-state index contributed by atoms with van der Waals surface area (Å²) in [4.78, 5) is 0. The summed E-state index contributed by atoms with van der Waals surface area (Å²) in [5.74, 6) is 2.42. The minimum Gasteiger partial charge on any atom is -0.491 e. The minimum absolute atomic E-state index is 0.242. The first-order valence-electron chi connectivity index (χ1n) is 7.17.